The fourth-order valence-electron chi connectivity index (χ4n) is 6.46. The number of urea groups is 1. The van der Waals surface area contributed by atoms with Crippen LogP contribution in [0.5, 0.6) is 0 Å². The maximum absolute atomic E-state index is 13.8. The molecule has 0 saturated heterocycles. The molecule has 0 atom stereocenters. The lowest BCUT2D eigenvalue weighted by molar-refractivity contribution is -0.136. The lowest BCUT2D eigenvalue weighted by atomic mass is 9.72. The number of nitrogens with one attached hydrogen (secondary N) is 2. The number of nitrogens with zero attached hydrogens (tertiary/aromatic N) is 1. The number of rotatable bonds is 9. The zero-order valence-electron chi connectivity index (χ0n) is 25.0. The van der Waals surface area contributed by atoms with Gasteiger partial charge < -0.3 is 20.6 Å². The molecule has 2 aromatic carbocycles. The van der Waals surface area contributed by atoms with Gasteiger partial charge >= 0.3 is 12.0 Å². The van der Waals surface area contributed by atoms with Crippen LogP contribution in [0, 0.1) is 11.8 Å². The summed E-state index contributed by atoms with van der Waals surface area (Å²) in [4.78, 5) is 38.9. The minimum absolute atomic E-state index is 0. The van der Waals surface area contributed by atoms with E-state index in [9.17, 15) is 14.4 Å². The standard InChI is InChI=1S/C34H47N3O4.CH4/c1-34(2,3)28-10-7-11-29(22-28)36-33(41)37(30-18-16-26(17-19-30)25-8-5-4-6-9-25)23-24-12-14-27(15-13-24)32(40)35-21-20-31(38)39;/h7,10-15,22,25-26,30H,4-6,8-9,16-21,23H2,1-3H3,(H,35,40)(H,36,41)(H,38,39);1H4. The molecular weight excluding hydrogens is 526 g/mol. The molecule has 2 fully saturated rings. The highest BCUT2D eigenvalue weighted by Gasteiger charge is 2.33. The molecule has 7 heteroatoms. The summed E-state index contributed by atoms with van der Waals surface area (Å²) in [7, 11) is 0. The van der Waals surface area contributed by atoms with Gasteiger partial charge in [-0.1, -0.05) is 84.6 Å². The second-order valence-corrected chi connectivity index (χ2v) is 13.0. The summed E-state index contributed by atoms with van der Waals surface area (Å²) in [6.45, 7) is 7.05. The second kappa shape index (κ2) is 15.2. The Morgan fingerprint density at radius 2 is 1.52 bits per heavy atom. The Bertz CT molecular complexity index is 1170. The SMILES string of the molecule is C.CC(C)(C)c1cccc(NC(=O)N(Cc2ccc(C(=O)NCCC(=O)O)cc2)C2CCC(C3CCCCC3)CC2)c1. The summed E-state index contributed by atoms with van der Waals surface area (Å²) in [5, 5.41) is 14.6. The minimum atomic E-state index is -0.947. The van der Waals surface area contributed by atoms with Gasteiger partial charge in [-0.25, -0.2) is 4.79 Å². The highest BCUT2D eigenvalue weighted by molar-refractivity contribution is 5.94. The molecule has 2 aromatic rings. The molecule has 2 aliphatic rings. The van der Waals surface area contributed by atoms with Gasteiger partial charge in [0.25, 0.3) is 5.91 Å². The van der Waals surface area contributed by atoms with Crippen molar-refractivity contribution in [3.8, 4) is 0 Å². The third-order valence-corrected chi connectivity index (χ3v) is 8.93. The molecule has 0 heterocycles. The van der Waals surface area contributed by atoms with E-state index in [1.165, 1.54) is 50.5 Å². The molecule has 0 aromatic heterocycles. The molecule has 7 nitrogen and oxygen atoms in total. The van der Waals surface area contributed by atoms with Crippen LogP contribution < -0.4 is 10.6 Å². The number of carboxylic acid groups (broad SMARTS) is 1. The molecule has 4 rings (SSSR count). The van der Waals surface area contributed by atoms with Gasteiger partial charge in [0.05, 0.1) is 6.42 Å². The van der Waals surface area contributed by atoms with Gasteiger partial charge in [-0.2, -0.15) is 0 Å². The predicted octanol–water partition coefficient (Wildman–Crippen LogP) is 8.00. The Hall–Kier alpha value is -3.35. The van der Waals surface area contributed by atoms with Gasteiger partial charge in [0, 0.05) is 30.4 Å². The van der Waals surface area contributed by atoms with E-state index in [-0.39, 0.29) is 43.8 Å². The van der Waals surface area contributed by atoms with Crippen molar-refractivity contribution in [2.45, 2.75) is 110 Å². The summed E-state index contributed by atoms with van der Waals surface area (Å²) in [6.07, 6.45) is 11.1. The van der Waals surface area contributed by atoms with E-state index in [1.54, 1.807) is 12.1 Å². The van der Waals surface area contributed by atoms with E-state index in [2.05, 4.69) is 43.5 Å². The van der Waals surface area contributed by atoms with Gasteiger partial charge in [0.2, 0.25) is 0 Å². The maximum atomic E-state index is 13.8. The van der Waals surface area contributed by atoms with Crippen LogP contribution in [0.4, 0.5) is 10.5 Å². The van der Waals surface area contributed by atoms with E-state index in [1.807, 2.05) is 29.2 Å². The van der Waals surface area contributed by atoms with E-state index in [4.69, 9.17) is 5.11 Å². The fourth-order valence-corrected chi connectivity index (χ4v) is 6.46. The normalized spacial score (nSPS) is 19.3. The van der Waals surface area contributed by atoms with Gasteiger partial charge in [0.15, 0.2) is 0 Å². The topological polar surface area (TPSA) is 98.7 Å². The first-order valence-electron chi connectivity index (χ1n) is 15.4. The van der Waals surface area contributed by atoms with Gasteiger partial charge in [0.1, 0.15) is 0 Å². The van der Waals surface area contributed by atoms with Crippen molar-refractivity contribution >= 4 is 23.6 Å². The van der Waals surface area contributed by atoms with Crippen molar-refractivity contribution in [2.24, 2.45) is 11.8 Å². The number of amides is 3. The smallest absolute Gasteiger partial charge is 0.322 e. The van der Waals surface area contributed by atoms with Crippen molar-refractivity contribution in [2.75, 3.05) is 11.9 Å². The van der Waals surface area contributed by atoms with Gasteiger partial charge in [-0.05, 0) is 78.3 Å². The minimum Gasteiger partial charge on any atom is -0.481 e. The first kappa shape index (κ1) is 33.2. The van der Waals surface area contributed by atoms with Crippen LogP contribution in [0.1, 0.15) is 114 Å². The molecule has 0 bridgehead atoms. The Balaban J connectivity index is 0.00000484. The summed E-state index contributed by atoms with van der Waals surface area (Å²) in [5.41, 5.74) is 3.39. The van der Waals surface area contributed by atoms with Crippen molar-refractivity contribution in [3.63, 3.8) is 0 Å². The van der Waals surface area contributed by atoms with Crippen LogP contribution in [-0.2, 0) is 16.8 Å². The maximum Gasteiger partial charge on any atom is 0.322 e. The molecule has 230 valence electrons. The zero-order valence-corrected chi connectivity index (χ0v) is 25.0. The van der Waals surface area contributed by atoms with E-state index < -0.39 is 5.97 Å². The third-order valence-electron chi connectivity index (χ3n) is 8.93. The van der Waals surface area contributed by atoms with Crippen molar-refractivity contribution in [3.05, 3.63) is 65.2 Å². The summed E-state index contributed by atoms with van der Waals surface area (Å²) in [5.74, 6) is 0.379. The number of aliphatic carboxylic acids is 1. The molecule has 3 N–H and O–H groups in total. The van der Waals surface area contributed by atoms with E-state index >= 15 is 0 Å². The largest absolute Gasteiger partial charge is 0.481 e. The van der Waals surface area contributed by atoms with Crippen LogP contribution in [0.3, 0.4) is 0 Å². The van der Waals surface area contributed by atoms with Crippen LogP contribution in [-0.4, -0.2) is 40.5 Å². The Labute approximate surface area is 252 Å². The Morgan fingerprint density at radius 1 is 0.881 bits per heavy atom. The number of carbonyl (C=O) groups is 3. The second-order valence-electron chi connectivity index (χ2n) is 13.0. The van der Waals surface area contributed by atoms with Gasteiger partial charge in [-0.3, -0.25) is 9.59 Å². The van der Waals surface area contributed by atoms with Crippen molar-refractivity contribution in [1.29, 1.82) is 0 Å². The van der Waals surface area contributed by atoms with Crippen molar-refractivity contribution in [1.82, 2.24) is 10.2 Å². The molecule has 0 unspecified atom stereocenters. The number of hydrogen-bond donors (Lipinski definition) is 3. The summed E-state index contributed by atoms with van der Waals surface area (Å²) in [6, 6.07) is 15.4. The van der Waals surface area contributed by atoms with Crippen LogP contribution in [0.25, 0.3) is 0 Å². The quantitative estimate of drug-likeness (QED) is 0.281. The molecule has 0 radical (unpaired) electrons. The molecule has 2 saturated carbocycles. The molecule has 0 spiro atoms. The third kappa shape index (κ3) is 9.33. The lowest BCUT2D eigenvalue weighted by Crippen LogP contribution is -2.44. The van der Waals surface area contributed by atoms with E-state index in [0.29, 0.717) is 12.1 Å². The zero-order chi connectivity index (χ0) is 29.4. The van der Waals surface area contributed by atoms with Crippen LogP contribution >= 0.6 is 0 Å². The molecule has 42 heavy (non-hydrogen) atoms. The number of hydrogen-bond acceptors (Lipinski definition) is 3. The molecular formula is C35H51N3O4. The number of anilines is 1. The van der Waals surface area contributed by atoms with Gasteiger partial charge in [-0.15, -0.1) is 0 Å². The van der Waals surface area contributed by atoms with E-state index in [0.717, 1.165) is 35.9 Å². The fraction of sp³-hybridized carbons (Fsp3) is 0.571. The average molecular weight is 578 g/mol. The average Bonchev–Trinajstić information content (AvgIpc) is 2.96. The monoisotopic (exact) mass is 577 g/mol. The lowest BCUT2D eigenvalue weighted by Gasteiger charge is -2.40. The summed E-state index contributed by atoms with van der Waals surface area (Å²) >= 11 is 0. The van der Waals surface area contributed by atoms with Crippen molar-refractivity contribution < 1.29 is 19.5 Å². The predicted molar refractivity (Wildman–Crippen MR) is 170 cm³/mol. The number of benzene rings is 2. The highest BCUT2D eigenvalue weighted by Crippen LogP contribution is 2.39. The van der Waals surface area contributed by atoms with Crippen LogP contribution in [0.2, 0.25) is 0 Å². The van der Waals surface area contributed by atoms with Crippen LogP contribution in [0.15, 0.2) is 48.5 Å². The number of carboxylic acids is 1. The summed E-state index contributed by atoms with van der Waals surface area (Å²) < 4.78 is 0. The Morgan fingerprint density at radius 3 is 2.14 bits per heavy atom. The molecule has 0 aliphatic heterocycles. The first-order valence-corrected chi connectivity index (χ1v) is 15.4. The molecule has 3 amide bonds. The Kier molecular flexibility index (Phi) is 12.0. The highest BCUT2D eigenvalue weighted by atomic mass is 16.4. The molecule has 2 aliphatic carbocycles. The first-order chi connectivity index (χ1) is 19.6. The number of carbonyl (C=O) groups excluding carboxylic acids is 2.